The molecule has 20 heavy (non-hydrogen) atoms. The summed E-state index contributed by atoms with van der Waals surface area (Å²) in [4.78, 5) is 0. The molecule has 2 N–H and O–H groups in total. The molecule has 1 atom stereocenters. The van der Waals surface area contributed by atoms with Crippen LogP contribution in [0.3, 0.4) is 0 Å². The minimum Gasteiger partial charge on any atom is -0.508 e. The third-order valence-electron chi connectivity index (χ3n) is 4.38. The molecular weight excluding hydrogens is 270 g/mol. The molecule has 0 amide bonds. The Balaban J connectivity index is 2.02. The van der Waals surface area contributed by atoms with Crippen LogP contribution >= 0.6 is 11.8 Å². The lowest BCUT2D eigenvalue weighted by Gasteiger charge is -2.29. The normalized spacial score (nSPS) is 18.9. The van der Waals surface area contributed by atoms with Gasteiger partial charge in [0, 0.05) is 22.9 Å². The summed E-state index contributed by atoms with van der Waals surface area (Å²) in [6.45, 7) is 3.09. The van der Waals surface area contributed by atoms with Crippen LogP contribution in [-0.4, -0.2) is 29.8 Å². The van der Waals surface area contributed by atoms with E-state index in [1.54, 1.807) is 19.2 Å². The van der Waals surface area contributed by atoms with Crippen LogP contribution in [0.15, 0.2) is 18.2 Å². The molecule has 1 aromatic rings. The lowest BCUT2D eigenvalue weighted by molar-refractivity contribution is 0.406. The molecule has 0 bridgehead atoms. The first-order valence-corrected chi connectivity index (χ1v) is 8.48. The van der Waals surface area contributed by atoms with Crippen LogP contribution in [0.2, 0.25) is 0 Å². The number of phenols is 1. The van der Waals surface area contributed by atoms with E-state index < -0.39 is 0 Å². The number of hydrogen-bond acceptors (Lipinski definition) is 4. The number of benzene rings is 1. The smallest absolute Gasteiger partial charge is 0.120 e. The Bertz CT molecular complexity index is 444. The monoisotopic (exact) mass is 295 g/mol. The van der Waals surface area contributed by atoms with Gasteiger partial charge in [-0.15, -0.1) is 0 Å². The second-order valence-electron chi connectivity index (χ2n) is 5.62. The van der Waals surface area contributed by atoms with Crippen LogP contribution in [0.5, 0.6) is 11.5 Å². The minimum absolute atomic E-state index is 0.120. The zero-order chi connectivity index (χ0) is 14.6. The predicted octanol–water partition coefficient (Wildman–Crippen LogP) is 3.73. The fourth-order valence-electron chi connectivity index (χ4n) is 2.93. The molecule has 0 heterocycles. The minimum atomic E-state index is 0.120. The first-order chi connectivity index (χ1) is 9.60. The molecule has 3 nitrogen and oxygen atoms in total. The van der Waals surface area contributed by atoms with Gasteiger partial charge in [0.15, 0.2) is 0 Å². The Morgan fingerprint density at radius 1 is 1.40 bits per heavy atom. The number of thioether (sulfide) groups is 1. The molecule has 112 valence electrons. The zero-order valence-electron chi connectivity index (χ0n) is 12.6. The molecule has 2 rings (SSSR count). The van der Waals surface area contributed by atoms with Crippen LogP contribution in [0, 0.1) is 0 Å². The Morgan fingerprint density at radius 2 is 2.10 bits per heavy atom. The molecular formula is C16H25NO2S. The standard InChI is InChI=1S/C16H25NO2S/c1-12(14-10-13(19-2)6-7-15(14)18)17-11-16(20-3)8-4-5-9-16/h6-7,10,12,17-18H,4-5,8-9,11H2,1-3H3. The van der Waals surface area contributed by atoms with Gasteiger partial charge in [-0.3, -0.25) is 0 Å². The molecule has 0 spiro atoms. The van der Waals surface area contributed by atoms with E-state index in [0.29, 0.717) is 10.5 Å². The van der Waals surface area contributed by atoms with Gasteiger partial charge in [0.05, 0.1) is 7.11 Å². The molecule has 1 aromatic carbocycles. The van der Waals surface area contributed by atoms with E-state index >= 15 is 0 Å². The highest BCUT2D eigenvalue weighted by atomic mass is 32.2. The lowest BCUT2D eigenvalue weighted by atomic mass is 10.0. The fourth-order valence-corrected chi connectivity index (χ4v) is 3.85. The van der Waals surface area contributed by atoms with E-state index in [0.717, 1.165) is 17.9 Å². The van der Waals surface area contributed by atoms with Crippen LogP contribution < -0.4 is 10.1 Å². The Labute approximate surface area is 126 Å². The van der Waals surface area contributed by atoms with Crippen molar-refractivity contribution in [1.82, 2.24) is 5.32 Å². The summed E-state index contributed by atoms with van der Waals surface area (Å²) < 4.78 is 5.61. The van der Waals surface area contributed by atoms with Gasteiger partial charge in [0.1, 0.15) is 11.5 Å². The largest absolute Gasteiger partial charge is 0.508 e. The summed E-state index contributed by atoms with van der Waals surface area (Å²) in [5.74, 6) is 1.11. The van der Waals surface area contributed by atoms with E-state index in [-0.39, 0.29) is 6.04 Å². The van der Waals surface area contributed by atoms with Crippen LogP contribution in [0.1, 0.15) is 44.2 Å². The van der Waals surface area contributed by atoms with Crippen molar-refractivity contribution in [3.05, 3.63) is 23.8 Å². The Morgan fingerprint density at radius 3 is 2.70 bits per heavy atom. The van der Waals surface area contributed by atoms with Crippen molar-refractivity contribution in [1.29, 1.82) is 0 Å². The van der Waals surface area contributed by atoms with Crippen LogP contribution in [-0.2, 0) is 0 Å². The molecule has 1 saturated carbocycles. The second kappa shape index (κ2) is 6.72. The number of rotatable bonds is 6. The Kier molecular flexibility index (Phi) is 5.22. The third-order valence-corrected chi connectivity index (χ3v) is 5.80. The van der Waals surface area contributed by atoms with Gasteiger partial charge >= 0.3 is 0 Å². The predicted molar refractivity (Wildman–Crippen MR) is 85.8 cm³/mol. The van der Waals surface area contributed by atoms with Gasteiger partial charge in [0.25, 0.3) is 0 Å². The average Bonchev–Trinajstić information content (AvgIpc) is 2.95. The van der Waals surface area contributed by atoms with E-state index in [2.05, 4.69) is 18.5 Å². The van der Waals surface area contributed by atoms with Gasteiger partial charge in [-0.1, -0.05) is 12.8 Å². The maximum Gasteiger partial charge on any atom is 0.120 e. The van der Waals surface area contributed by atoms with Crippen molar-refractivity contribution in [2.24, 2.45) is 0 Å². The highest BCUT2D eigenvalue weighted by Gasteiger charge is 2.33. The highest BCUT2D eigenvalue weighted by Crippen LogP contribution is 2.40. The topological polar surface area (TPSA) is 41.5 Å². The molecule has 1 aliphatic rings. The molecule has 4 heteroatoms. The van der Waals surface area contributed by atoms with Crippen molar-refractivity contribution in [2.45, 2.75) is 43.4 Å². The van der Waals surface area contributed by atoms with E-state index in [1.165, 1.54) is 25.7 Å². The number of methoxy groups -OCH3 is 1. The zero-order valence-corrected chi connectivity index (χ0v) is 13.4. The Hall–Kier alpha value is -0.870. The maximum absolute atomic E-state index is 10.0. The summed E-state index contributed by atoms with van der Waals surface area (Å²) in [6, 6.07) is 5.51. The summed E-state index contributed by atoms with van der Waals surface area (Å²) in [5.41, 5.74) is 0.901. The lowest BCUT2D eigenvalue weighted by Crippen LogP contribution is -2.36. The average molecular weight is 295 g/mol. The molecule has 1 unspecified atom stereocenters. The van der Waals surface area contributed by atoms with Crippen molar-refractivity contribution < 1.29 is 9.84 Å². The van der Waals surface area contributed by atoms with E-state index in [9.17, 15) is 5.11 Å². The van der Waals surface area contributed by atoms with E-state index in [1.807, 2.05) is 17.8 Å². The second-order valence-corrected chi connectivity index (χ2v) is 6.90. The first-order valence-electron chi connectivity index (χ1n) is 7.26. The number of nitrogens with one attached hydrogen (secondary N) is 1. The van der Waals surface area contributed by atoms with Gasteiger partial charge < -0.3 is 15.2 Å². The van der Waals surface area contributed by atoms with Crippen molar-refractivity contribution in [2.75, 3.05) is 19.9 Å². The molecule has 0 radical (unpaired) electrons. The van der Waals surface area contributed by atoms with Crippen molar-refractivity contribution >= 4 is 11.8 Å². The molecule has 1 fully saturated rings. The molecule has 0 saturated heterocycles. The molecule has 1 aliphatic carbocycles. The van der Waals surface area contributed by atoms with Crippen molar-refractivity contribution in [3.63, 3.8) is 0 Å². The van der Waals surface area contributed by atoms with Gasteiger partial charge in [-0.2, -0.15) is 11.8 Å². The number of phenolic OH excluding ortho intramolecular Hbond substituents is 1. The van der Waals surface area contributed by atoms with Gasteiger partial charge in [-0.25, -0.2) is 0 Å². The fraction of sp³-hybridized carbons (Fsp3) is 0.625. The van der Waals surface area contributed by atoms with Crippen LogP contribution in [0.25, 0.3) is 0 Å². The van der Waals surface area contributed by atoms with Gasteiger partial charge in [-0.05, 0) is 44.2 Å². The summed E-state index contributed by atoms with van der Waals surface area (Å²) in [7, 11) is 1.65. The number of hydrogen-bond donors (Lipinski definition) is 2. The van der Waals surface area contributed by atoms with E-state index in [4.69, 9.17) is 4.74 Å². The van der Waals surface area contributed by atoms with Crippen molar-refractivity contribution in [3.8, 4) is 11.5 Å². The number of aromatic hydroxyl groups is 1. The SMILES string of the molecule is COc1ccc(O)c(C(C)NCC2(SC)CCCC2)c1. The van der Waals surface area contributed by atoms with Crippen LogP contribution in [0.4, 0.5) is 0 Å². The summed E-state index contributed by atoms with van der Waals surface area (Å²) >= 11 is 1.98. The first kappa shape index (κ1) is 15.5. The molecule has 0 aromatic heterocycles. The third kappa shape index (κ3) is 3.41. The quantitative estimate of drug-likeness (QED) is 0.839. The summed E-state index contributed by atoms with van der Waals surface area (Å²) in [6.07, 6.45) is 7.46. The number of ether oxygens (including phenoxy) is 1. The van der Waals surface area contributed by atoms with Gasteiger partial charge in [0.2, 0.25) is 0 Å². The summed E-state index contributed by atoms with van der Waals surface area (Å²) in [5, 5.41) is 13.6. The molecule has 0 aliphatic heterocycles. The highest BCUT2D eigenvalue weighted by molar-refractivity contribution is 8.00. The maximum atomic E-state index is 10.0.